The molecule has 0 spiro atoms. The maximum atomic E-state index is 14.0. The Morgan fingerprint density at radius 2 is 2.00 bits per heavy atom. The number of carbonyl (C=O) groups excluding carboxylic acids is 1. The van der Waals surface area contributed by atoms with Crippen LogP contribution in [0.15, 0.2) is 54.6 Å². The average molecular weight is 481 g/mol. The van der Waals surface area contributed by atoms with Crippen LogP contribution in [0.25, 0.3) is 16.7 Å². The minimum atomic E-state index is -1.08. The third-order valence-electron chi connectivity index (χ3n) is 6.47. The number of benzene rings is 3. The van der Waals surface area contributed by atoms with Gasteiger partial charge in [0.25, 0.3) is 0 Å². The van der Waals surface area contributed by atoms with E-state index in [4.69, 9.17) is 9.47 Å². The number of carbonyl (C=O) groups is 1. The summed E-state index contributed by atoms with van der Waals surface area (Å²) >= 11 is 0. The fourth-order valence-electron chi connectivity index (χ4n) is 4.94. The van der Waals surface area contributed by atoms with Crippen molar-refractivity contribution in [1.82, 2.24) is 9.55 Å². The summed E-state index contributed by atoms with van der Waals surface area (Å²) in [6.45, 7) is 2.65. The predicted octanol–water partition coefficient (Wildman–Crippen LogP) is 0.639. The molecule has 9 heteroatoms. The first-order valence-corrected chi connectivity index (χ1v) is 11.1. The molecule has 0 amide bonds. The van der Waals surface area contributed by atoms with E-state index in [9.17, 15) is 14.3 Å². The van der Waals surface area contributed by atoms with Crippen molar-refractivity contribution >= 4 is 22.7 Å². The summed E-state index contributed by atoms with van der Waals surface area (Å²) in [5, 5.41) is 14.5. The summed E-state index contributed by atoms with van der Waals surface area (Å²) in [4.78, 5) is 15.6. The van der Waals surface area contributed by atoms with Gasteiger partial charge in [0, 0.05) is 40.8 Å². The zero-order valence-corrected chi connectivity index (χ0v) is 21.4. The Morgan fingerprint density at radius 3 is 2.83 bits per heavy atom. The minimum Gasteiger partial charge on any atom is -0.550 e. The molecule has 172 valence electrons. The summed E-state index contributed by atoms with van der Waals surface area (Å²) < 4.78 is 27.7. The maximum Gasteiger partial charge on any atom is 1.00 e. The molecule has 2 aliphatic rings. The number of para-hydroxylation sites is 1. The monoisotopic (exact) mass is 481 g/mol. The first-order valence-electron chi connectivity index (χ1n) is 11.1. The van der Waals surface area contributed by atoms with Crippen LogP contribution in [0.5, 0.6) is 11.5 Å². The van der Waals surface area contributed by atoms with Crippen LogP contribution in [0.2, 0.25) is 0 Å². The Morgan fingerprint density at radius 1 is 1.14 bits per heavy atom. The maximum absolute atomic E-state index is 14.0. The molecule has 2 aliphatic heterocycles. The number of ether oxygens (including phenoxy) is 2. The number of rotatable bonds is 5. The van der Waals surface area contributed by atoms with E-state index in [-0.39, 0.29) is 53.8 Å². The van der Waals surface area contributed by atoms with E-state index in [1.807, 2.05) is 47.9 Å². The molecule has 35 heavy (non-hydrogen) atoms. The van der Waals surface area contributed by atoms with Gasteiger partial charge in [-0.1, -0.05) is 18.2 Å². The number of nitrogens with one attached hydrogen (secondary N) is 1. The number of anilines is 1. The van der Waals surface area contributed by atoms with E-state index in [2.05, 4.69) is 10.3 Å². The van der Waals surface area contributed by atoms with E-state index in [0.29, 0.717) is 24.5 Å². The van der Waals surface area contributed by atoms with Gasteiger partial charge in [0.05, 0.1) is 29.4 Å². The fraction of sp³-hybridized carbons (Fsp3) is 0.231. The second-order valence-electron chi connectivity index (χ2n) is 8.67. The summed E-state index contributed by atoms with van der Waals surface area (Å²) in [6, 6.07) is 16.1. The molecule has 0 unspecified atom stereocenters. The van der Waals surface area contributed by atoms with E-state index in [0.717, 1.165) is 39.6 Å². The topological polar surface area (TPSA) is 88.4 Å². The molecule has 0 fully saturated rings. The van der Waals surface area contributed by atoms with Gasteiger partial charge in [0.15, 0.2) is 0 Å². The van der Waals surface area contributed by atoms with E-state index < -0.39 is 5.97 Å². The minimum absolute atomic E-state index is 0. The predicted molar refractivity (Wildman–Crippen MR) is 122 cm³/mol. The number of aromatic nitrogens is 2. The van der Waals surface area contributed by atoms with Crippen molar-refractivity contribution in [2.45, 2.75) is 25.3 Å². The number of halogens is 1. The van der Waals surface area contributed by atoms with Gasteiger partial charge in [-0.25, -0.2) is 9.37 Å². The van der Waals surface area contributed by atoms with Gasteiger partial charge in [-0.15, -0.1) is 0 Å². The van der Waals surface area contributed by atoms with Gasteiger partial charge in [0.1, 0.15) is 29.7 Å². The second kappa shape index (κ2) is 9.18. The smallest absolute Gasteiger partial charge is 0.550 e. The Hall–Kier alpha value is -3.07. The largest absolute Gasteiger partial charge is 1.00 e. The quantitative estimate of drug-likeness (QED) is 0.421. The van der Waals surface area contributed by atoms with Crippen LogP contribution in [-0.4, -0.2) is 28.7 Å². The van der Waals surface area contributed by atoms with Crippen molar-refractivity contribution < 1.29 is 53.3 Å². The first kappa shape index (κ1) is 23.7. The Kier molecular flexibility index (Phi) is 6.21. The zero-order chi connectivity index (χ0) is 23.4. The number of hydrogen-bond donors (Lipinski definition) is 1. The summed E-state index contributed by atoms with van der Waals surface area (Å²) in [6.07, 6.45) is -0.0569. The van der Waals surface area contributed by atoms with Crippen LogP contribution in [-0.2, 0) is 4.79 Å². The average Bonchev–Trinajstić information content (AvgIpc) is 3.48. The molecule has 1 aromatic heterocycles. The summed E-state index contributed by atoms with van der Waals surface area (Å²) in [5.74, 6) is 0.580. The molecule has 0 bridgehead atoms. The van der Waals surface area contributed by atoms with Crippen molar-refractivity contribution in [2.24, 2.45) is 0 Å². The van der Waals surface area contributed by atoms with Crippen molar-refractivity contribution in [3.63, 3.8) is 0 Å². The van der Waals surface area contributed by atoms with Gasteiger partial charge >= 0.3 is 29.6 Å². The molecule has 7 nitrogen and oxygen atoms in total. The van der Waals surface area contributed by atoms with Crippen LogP contribution >= 0.6 is 0 Å². The number of imidazole rings is 1. The molecule has 3 aromatic carbocycles. The summed E-state index contributed by atoms with van der Waals surface area (Å²) in [5.41, 5.74) is 4.95. The van der Waals surface area contributed by atoms with Crippen LogP contribution in [0.4, 0.5) is 10.1 Å². The number of fused-ring (bicyclic) bond motifs is 3. The second-order valence-corrected chi connectivity index (χ2v) is 8.67. The Balaban J connectivity index is 0.00000253. The molecule has 0 radical (unpaired) electrons. The fourth-order valence-corrected chi connectivity index (χ4v) is 4.94. The molecule has 3 heterocycles. The number of aryl methyl sites for hydroxylation is 1. The number of aliphatic carboxylic acids is 1. The SMILES string of the molecule is Cc1nc2ccc(F)cc2n1-c1cccc2c1OC[C@H]2Nc1ccc2c(c1)OC[C@H]2CC(=O)[O-].[Na+]. The Bertz CT molecular complexity index is 1450. The van der Waals surface area contributed by atoms with Crippen LogP contribution in [0.3, 0.4) is 0 Å². The van der Waals surface area contributed by atoms with Crippen molar-refractivity contribution in [3.8, 4) is 17.2 Å². The first-order chi connectivity index (χ1) is 16.5. The van der Waals surface area contributed by atoms with Crippen LogP contribution < -0.4 is 49.5 Å². The van der Waals surface area contributed by atoms with E-state index >= 15 is 0 Å². The third-order valence-corrected chi connectivity index (χ3v) is 6.47. The number of nitrogens with zero attached hydrogens (tertiary/aromatic N) is 2. The molecule has 4 aromatic rings. The van der Waals surface area contributed by atoms with E-state index in [1.165, 1.54) is 12.1 Å². The molecular formula is C26H21FN3NaO4. The van der Waals surface area contributed by atoms with Gasteiger partial charge in [0.2, 0.25) is 0 Å². The van der Waals surface area contributed by atoms with Gasteiger partial charge in [-0.05, 0) is 37.6 Å². The molecule has 0 saturated carbocycles. The standard InChI is InChI=1S/C26H22FN3O4.Na/c1-14-28-20-8-5-16(27)10-23(20)30(14)22-4-2-3-19-21(13-34-26(19)22)29-17-6-7-18-15(9-25(31)32)12-33-24(18)11-17;/h2-8,10-11,15,21,29H,9,12-13H2,1H3,(H,31,32);/q;+1/p-1/t15-,21-;/m1./s1. The van der Waals surface area contributed by atoms with Crippen LogP contribution in [0.1, 0.15) is 35.3 Å². The number of carboxylic acids is 1. The zero-order valence-electron chi connectivity index (χ0n) is 19.4. The van der Waals surface area contributed by atoms with Crippen molar-refractivity contribution in [2.75, 3.05) is 18.5 Å². The normalized spacial score (nSPS) is 17.8. The molecule has 6 rings (SSSR count). The molecule has 1 N–H and O–H groups in total. The van der Waals surface area contributed by atoms with Gasteiger partial charge < -0.3 is 24.7 Å². The third kappa shape index (κ3) is 4.16. The van der Waals surface area contributed by atoms with Crippen molar-refractivity contribution in [1.29, 1.82) is 0 Å². The Labute approximate surface area is 223 Å². The van der Waals surface area contributed by atoms with Crippen LogP contribution in [0, 0.1) is 12.7 Å². The molecular weight excluding hydrogens is 460 g/mol. The van der Waals surface area contributed by atoms with Crippen molar-refractivity contribution in [3.05, 3.63) is 77.4 Å². The number of hydrogen-bond acceptors (Lipinski definition) is 6. The molecule has 2 atom stereocenters. The molecule has 0 aliphatic carbocycles. The van der Waals surface area contributed by atoms with E-state index in [1.54, 1.807) is 6.07 Å². The van der Waals surface area contributed by atoms with Gasteiger partial charge in [-0.2, -0.15) is 0 Å². The van der Waals surface area contributed by atoms with Gasteiger partial charge in [-0.3, -0.25) is 4.57 Å². The number of carboxylic acid groups (broad SMARTS) is 1. The molecule has 0 saturated heterocycles. The summed E-state index contributed by atoms with van der Waals surface area (Å²) in [7, 11) is 0.